The van der Waals surface area contributed by atoms with Gasteiger partial charge in [-0.1, -0.05) is 48.5 Å². The zero-order chi connectivity index (χ0) is 15.1. The van der Waals surface area contributed by atoms with Crippen LogP contribution in [0.1, 0.15) is 22.3 Å². The van der Waals surface area contributed by atoms with Crippen LogP contribution in [0.5, 0.6) is 0 Å². The molecule has 1 atom stereocenters. The lowest BCUT2D eigenvalue weighted by Crippen LogP contribution is -2.38. The van der Waals surface area contributed by atoms with E-state index in [1.165, 1.54) is 0 Å². The normalized spacial score (nSPS) is 11.6. The second-order valence-corrected chi connectivity index (χ2v) is 4.82. The van der Waals surface area contributed by atoms with Crippen LogP contribution < -0.4 is 5.32 Å². The molecule has 0 radical (unpaired) electrons. The number of benzene rings is 2. The van der Waals surface area contributed by atoms with Crippen molar-refractivity contribution >= 4 is 11.9 Å². The summed E-state index contributed by atoms with van der Waals surface area (Å²) in [6, 6.07) is 17.9. The van der Waals surface area contributed by atoms with Crippen LogP contribution >= 0.6 is 0 Å². The molecule has 0 saturated carbocycles. The molecule has 1 amide bonds. The first kappa shape index (κ1) is 14.8. The molecule has 0 saturated heterocycles. The molecule has 0 bridgehead atoms. The van der Waals surface area contributed by atoms with Crippen molar-refractivity contribution in [3.8, 4) is 0 Å². The molecule has 0 aliphatic rings. The molecule has 2 N–H and O–H groups in total. The van der Waals surface area contributed by atoms with Gasteiger partial charge in [-0.05, 0) is 24.1 Å². The van der Waals surface area contributed by atoms with Gasteiger partial charge in [0.1, 0.15) is 0 Å². The SMILES string of the molecule is O=C(O)CC(Cc1ccccc1)NC(=O)c1ccccc1. The quantitative estimate of drug-likeness (QED) is 0.856. The Labute approximate surface area is 123 Å². The van der Waals surface area contributed by atoms with Crippen molar-refractivity contribution < 1.29 is 14.7 Å². The number of carbonyl (C=O) groups excluding carboxylic acids is 1. The smallest absolute Gasteiger partial charge is 0.305 e. The van der Waals surface area contributed by atoms with Crippen LogP contribution in [0, 0.1) is 0 Å². The first-order chi connectivity index (χ1) is 10.1. The first-order valence-electron chi connectivity index (χ1n) is 6.77. The van der Waals surface area contributed by atoms with Gasteiger partial charge in [0.15, 0.2) is 0 Å². The average molecular weight is 283 g/mol. The number of carboxylic acid groups (broad SMARTS) is 1. The second-order valence-electron chi connectivity index (χ2n) is 4.82. The number of hydrogen-bond donors (Lipinski definition) is 2. The van der Waals surface area contributed by atoms with Crippen molar-refractivity contribution in [2.24, 2.45) is 0 Å². The van der Waals surface area contributed by atoms with Gasteiger partial charge in [0.05, 0.1) is 6.42 Å². The van der Waals surface area contributed by atoms with Gasteiger partial charge in [0, 0.05) is 11.6 Å². The van der Waals surface area contributed by atoms with Crippen LogP contribution in [0.25, 0.3) is 0 Å². The minimum Gasteiger partial charge on any atom is -0.481 e. The number of hydrogen-bond acceptors (Lipinski definition) is 2. The Hall–Kier alpha value is -2.62. The summed E-state index contributed by atoms with van der Waals surface area (Å²) >= 11 is 0. The molecule has 2 rings (SSSR count). The highest BCUT2D eigenvalue weighted by Crippen LogP contribution is 2.08. The van der Waals surface area contributed by atoms with Crippen molar-refractivity contribution in [3.05, 3.63) is 71.8 Å². The van der Waals surface area contributed by atoms with E-state index in [0.29, 0.717) is 12.0 Å². The zero-order valence-electron chi connectivity index (χ0n) is 11.5. The van der Waals surface area contributed by atoms with Gasteiger partial charge in [0.2, 0.25) is 0 Å². The maximum absolute atomic E-state index is 12.1. The molecule has 0 spiro atoms. The van der Waals surface area contributed by atoms with E-state index in [4.69, 9.17) is 5.11 Å². The Bertz CT molecular complexity index is 596. The van der Waals surface area contributed by atoms with E-state index in [2.05, 4.69) is 5.32 Å². The summed E-state index contributed by atoms with van der Waals surface area (Å²) in [6.07, 6.45) is 0.388. The van der Waals surface area contributed by atoms with E-state index in [-0.39, 0.29) is 12.3 Å². The van der Waals surface area contributed by atoms with Crippen LogP contribution in [0.3, 0.4) is 0 Å². The molecule has 0 fully saturated rings. The van der Waals surface area contributed by atoms with Crippen LogP contribution in [-0.4, -0.2) is 23.0 Å². The number of carbonyl (C=O) groups is 2. The van der Waals surface area contributed by atoms with E-state index in [9.17, 15) is 9.59 Å². The van der Waals surface area contributed by atoms with Gasteiger partial charge in [-0.3, -0.25) is 9.59 Å². The first-order valence-corrected chi connectivity index (χ1v) is 6.77. The summed E-state index contributed by atoms with van der Waals surface area (Å²) in [5.74, 6) is -1.18. The van der Waals surface area contributed by atoms with Crippen molar-refractivity contribution in [2.45, 2.75) is 18.9 Å². The number of nitrogens with one attached hydrogen (secondary N) is 1. The van der Waals surface area contributed by atoms with Crippen LogP contribution in [0.2, 0.25) is 0 Å². The molecule has 2 aromatic rings. The van der Waals surface area contributed by atoms with E-state index in [0.717, 1.165) is 5.56 Å². The van der Waals surface area contributed by atoms with E-state index in [1.807, 2.05) is 36.4 Å². The second kappa shape index (κ2) is 7.24. The number of amides is 1. The molecule has 4 nitrogen and oxygen atoms in total. The summed E-state index contributed by atoms with van der Waals surface area (Å²) in [5, 5.41) is 11.8. The summed E-state index contributed by atoms with van der Waals surface area (Å²) in [5.41, 5.74) is 1.53. The Kier molecular flexibility index (Phi) is 5.10. The van der Waals surface area contributed by atoms with Gasteiger partial charge in [0.25, 0.3) is 5.91 Å². The van der Waals surface area contributed by atoms with Crippen LogP contribution in [0.4, 0.5) is 0 Å². The highest BCUT2D eigenvalue weighted by Gasteiger charge is 2.17. The topological polar surface area (TPSA) is 66.4 Å². The maximum Gasteiger partial charge on any atom is 0.305 e. The summed E-state index contributed by atoms with van der Waals surface area (Å²) in [4.78, 5) is 23.1. The van der Waals surface area contributed by atoms with Crippen molar-refractivity contribution in [1.29, 1.82) is 0 Å². The van der Waals surface area contributed by atoms with Gasteiger partial charge in [-0.25, -0.2) is 0 Å². The van der Waals surface area contributed by atoms with E-state index in [1.54, 1.807) is 24.3 Å². The van der Waals surface area contributed by atoms with Gasteiger partial charge in [-0.15, -0.1) is 0 Å². The van der Waals surface area contributed by atoms with Gasteiger partial charge in [-0.2, -0.15) is 0 Å². The molecule has 0 aromatic heterocycles. The number of aliphatic carboxylic acids is 1. The van der Waals surface area contributed by atoms with E-state index < -0.39 is 12.0 Å². The number of carboxylic acids is 1. The molecule has 0 aliphatic heterocycles. The molecular formula is C17H17NO3. The predicted molar refractivity (Wildman–Crippen MR) is 80.1 cm³/mol. The Morgan fingerprint density at radius 1 is 0.952 bits per heavy atom. The fraction of sp³-hybridized carbons (Fsp3) is 0.176. The van der Waals surface area contributed by atoms with Gasteiger partial charge < -0.3 is 10.4 Å². The molecule has 4 heteroatoms. The monoisotopic (exact) mass is 283 g/mol. The van der Waals surface area contributed by atoms with Crippen molar-refractivity contribution in [1.82, 2.24) is 5.32 Å². The minimum absolute atomic E-state index is 0.104. The lowest BCUT2D eigenvalue weighted by molar-refractivity contribution is -0.137. The predicted octanol–water partition coefficient (Wildman–Crippen LogP) is 2.50. The summed E-state index contributed by atoms with van der Waals surface area (Å²) in [6.45, 7) is 0. The largest absolute Gasteiger partial charge is 0.481 e. The third-order valence-electron chi connectivity index (χ3n) is 3.12. The molecule has 108 valence electrons. The zero-order valence-corrected chi connectivity index (χ0v) is 11.5. The highest BCUT2D eigenvalue weighted by atomic mass is 16.4. The van der Waals surface area contributed by atoms with Crippen LogP contribution in [-0.2, 0) is 11.2 Å². The molecular weight excluding hydrogens is 266 g/mol. The molecule has 2 aromatic carbocycles. The van der Waals surface area contributed by atoms with Crippen molar-refractivity contribution in [2.75, 3.05) is 0 Å². The molecule has 21 heavy (non-hydrogen) atoms. The fourth-order valence-electron chi connectivity index (χ4n) is 2.14. The molecule has 1 unspecified atom stereocenters. The molecule has 0 heterocycles. The Morgan fingerprint density at radius 3 is 2.10 bits per heavy atom. The Morgan fingerprint density at radius 2 is 1.52 bits per heavy atom. The molecule has 0 aliphatic carbocycles. The third kappa shape index (κ3) is 4.76. The highest BCUT2D eigenvalue weighted by molar-refractivity contribution is 5.94. The Balaban J connectivity index is 2.06. The van der Waals surface area contributed by atoms with Gasteiger partial charge >= 0.3 is 5.97 Å². The summed E-state index contributed by atoms with van der Waals surface area (Å²) < 4.78 is 0. The lowest BCUT2D eigenvalue weighted by Gasteiger charge is -2.17. The average Bonchev–Trinajstić information content (AvgIpc) is 2.48. The van der Waals surface area contributed by atoms with Crippen LogP contribution in [0.15, 0.2) is 60.7 Å². The van der Waals surface area contributed by atoms with E-state index >= 15 is 0 Å². The minimum atomic E-state index is -0.927. The third-order valence-corrected chi connectivity index (χ3v) is 3.12. The summed E-state index contributed by atoms with van der Waals surface area (Å²) in [7, 11) is 0. The fourth-order valence-corrected chi connectivity index (χ4v) is 2.14. The lowest BCUT2D eigenvalue weighted by atomic mass is 10.0. The maximum atomic E-state index is 12.1. The standard InChI is InChI=1S/C17H17NO3/c19-16(20)12-15(11-13-7-3-1-4-8-13)18-17(21)14-9-5-2-6-10-14/h1-10,15H,11-12H2,(H,18,21)(H,19,20). The van der Waals surface area contributed by atoms with Crippen molar-refractivity contribution in [3.63, 3.8) is 0 Å². The number of rotatable bonds is 6.